The second kappa shape index (κ2) is 9.62. The van der Waals surface area contributed by atoms with Crippen LogP contribution in [-0.2, 0) is 6.42 Å². The van der Waals surface area contributed by atoms with E-state index < -0.39 is 5.91 Å². The lowest BCUT2D eigenvalue weighted by Gasteiger charge is -2.25. The maximum atomic E-state index is 12.8. The van der Waals surface area contributed by atoms with Crippen LogP contribution in [0.15, 0.2) is 83.3 Å². The number of H-pyrrole nitrogens is 1. The van der Waals surface area contributed by atoms with Gasteiger partial charge in [-0.3, -0.25) is 14.7 Å². The minimum Gasteiger partial charge on any atom is -0.417 e. The van der Waals surface area contributed by atoms with Gasteiger partial charge >= 0.3 is 0 Å². The van der Waals surface area contributed by atoms with E-state index in [1.165, 1.54) is 0 Å². The monoisotopic (exact) mass is 502 g/mol. The first-order valence-corrected chi connectivity index (χ1v) is 12.0. The Morgan fingerprint density at radius 2 is 1.68 bits per heavy atom. The van der Waals surface area contributed by atoms with Crippen molar-refractivity contribution in [3.05, 3.63) is 113 Å². The van der Waals surface area contributed by atoms with E-state index in [1.54, 1.807) is 24.3 Å². The number of benzene rings is 3. The number of amides is 2. The molecule has 1 atom stereocenters. The number of nitrogens with one attached hydrogen (secondary N) is 2. The maximum absolute atomic E-state index is 12.8. The number of carbonyl (C=O) groups excluding carboxylic acids is 2. The highest BCUT2D eigenvalue weighted by molar-refractivity contribution is 5.97. The lowest BCUT2D eigenvalue weighted by molar-refractivity contribution is 0.0923. The van der Waals surface area contributed by atoms with E-state index >= 15 is 0 Å². The molecule has 3 aromatic carbocycles. The van der Waals surface area contributed by atoms with Crippen molar-refractivity contribution < 1.29 is 14.0 Å². The summed E-state index contributed by atoms with van der Waals surface area (Å²) in [6, 6.07) is 23.7. The van der Waals surface area contributed by atoms with Crippen LogP contribution in [0.5, 0.6) is 0 Å². The fourth-order valence-corrected chi connectivity index (χ4v) is 4.60. The molecule has 9 heteroatoms. The van der Waals surface area contributed by atoms with Crippen molar-refractivity contribution in [3.63, 3.8) is 0 Å². The lowest BCUT2D eigenvalue weighted by Crippen LogP contribution is -2.35. The number of rotatable bonds is 6. The zero-order chi connectivity index (χ0) is 26.1. The average Bonchev–Trinajstić information content (AvgIpc) is 3.60. The summed E-state index contributed by atoms with van der Waals surface area (Å²) in [6.45, 7) is 0. The number of primary amides is 1. The van der Waals surface area contributed by atoms with Gasteiger partial charge in [0.15, 0.2) is 0 Å². The van der Waals surface area contributed by atoms with Crippen LogP contribution in [0, 0.1) is 0 Å². The summed E-state index contributed by atoms with van der Waals surface area (Å²) in [4.78, 5) is 24.5. The zero-order valence-electron chi connectivity index (χ0n) is 20.1. The molecule has 0 bridgehead atoms. The van der Waals surface area contributed by atoms with Crippen LogP contribution in [0.2, 0.25) is 0 Å². The quantitative estimate of drug-likeness (QED) is 0.314. The second-order valence-corrected chi connectivity index (χ2v) is 8.87. The summed E-state index contributed by atoms with van der Waals surface area (Å²) in [5.41, 5.74) is 11.2. The van der Waals surface area contributed by atoms with Gasteiger partial charge in [0, 0.05) is 28.3 Å². The molecule has 0 saturated carbocycles. The van der Waals surface area contributed by atoms with Crippen LogP contribution >= 0.6 is 0 Å². The number of fused-ring (bicyclic) bond motifs is 1. The van der Waals surface area contributed by atoms with Crippen molar-refractivity contribution in [2.75, 3.05) is 0 Å². The lowest BCUT2D eigenvalue weighted by atomic mass is 9.90. The Morgan fingerprint density at radius 1 is 0.921 bits per heavy atom. The van der Waals surface area contributed by atoms with E-state index in [0.29, 0.717) is 35.0 Å². The van der Waals surface area contributed by atoms with Gasteiger partial charge in [-0.2, -0.15) is 5.10 Å². The predicted octanol–water partition coefficient (Wildman–Crippen LogP) is 4.42. The molecule has 38 heavy (non-hydrogen) atoms. The Morgan fingerprint density at radius 3 is 2.47 bits per heavy atom. The molecule has 2 aromatic heterocycles. The van der Waals surface area contributed by atoms with Gasteiger partial charge in [-0.15, -0.1) is 10.2 Å². The smallest absolute Gasteiger partial charge is 0.252 e. The van der Waals surface area contributed by atoms with Crippen molar-refractivity contribution in [2.45, 2.75) is 12.5 Å². The Bertz CT molecular complexity index is 1670. The Kier molecular flexibility index (Phi) is 5.85. The first kappa shape index (κ1) is 23.1. The molecule has 0 saturated heterocycles. The fraction of sp³-hybridized carbons (Fsp3) is 0.0690. The molecule has 0 radical (unpaired) electrons. The summed E-state index contributed by atoms with van der Waals surface area (Å²) in [7, 11) is 0. The first-order chi connectivity index (χ1) is 18.6. The molecule has 9 nitrogen and oxygen atoms in total. The van der Waals surface area contributed by atoms with E-state index in [0.717, 1.165) is 27.9 Å². The standard InChI is InChI=1S/C29H22N6O3/c30-27(36)18-12-10-17(11-13-18)25-22(14-15-24-33-35-29(38-24)19-6-2-1-3-7-19)32-34-26(25)23-16-20-8-4-5-9-21(20)28(37)31-23/h1-15,23H,16H2,(H2,30,36)(H,31,37)(H,32,34)/b15-14+. The highest BCUT2D eigenvalue weighted by Crippen LogP contribution is 2.35. The van der Waals surface area contributed by atoms with Crippen LogP contribution < -0.4 is 11.1 Å². The summed E-state index contributed by atoms with van der Waals surface area (Å²) in [5, 5.41) is 19.0. The molecule has 0 spiro atoms. The van der Waals surface area contributed by atoms with Crippen molar-refractivity contribution in [2.24, 2.45) is 5.73 Å². The maximum Gasteiger partial charge on any atom is 0.252 e. The average molecular weight is 503 g/mol. The topological polar surface area (TPSA) is 140 Å². The number of nitrogens with zero attached hydrogens (tertiary/aromatic N) is 3. The van der Waals surface area contributed by atoms with Crippen molar-refractivity contribution in [1.82, 2.24) is 25.7 Å². The SMILES string of the molecule is NC(=O)c1ccc(-c2c(/C=C/c3nnc(-c4ccccc4)o3)n[nH]c2C2Cc3ccccc3C(=O)N2)cc1. The van der Waals surface area contributed by atoms with Gasteiger partial charge in [0.2, 0.25) is 17.7 Å². The molecule has 2 amide bonds. The molecule has 1 unspecified atom stereocenters. The fourth-order valence-electron chi connectivity index (χ4n) is 4.60. The number of nitrogens with two attached hydrogens (primary N) is 1. The van der Waals surface area contributed by atoms with E-state index in [4.69, 9.17) is 10.2 Å². The summed E-state index contributed by atoms with van der Waals surface area (Å²) >= 11 is 0. The molecule has 0 fully saturated rings. The van der Waals surface area contributed by atoms with Crippen LogP contribution in [-0.4, -0.2) is 32.2 Å². The van der Waals surface area contributed by atoms with Crippen molar-refractivity contribution >= 4 is 24.0 Å². The summed E-state index contributed by atoms with van der Waals surface area (Å²) in [6.07, 6.45) is 4.07. The minimum atomic E-state index is -0.508. The van der Waals surface area contributed by atoms with Crippen LogP contribution in [0.3, 0.4) is 0 Å². The van der Waals surface area contributed by atoms with Gasteiger partial charge < -0.3 is 15.5 Å². The third-order valence-electron chi connectivity index (χ3n) is 6.47. The van der Waals surface area contributed by atoms with Crippen LogP contribution in [0.4, 0.5) is 0 Å². The molecular weight excluding hydrogens is 480 g/mol. The molecule has 1 aliphatic rings. The van der Waals surface area contributed by atoms with Gasteiger partial charge in [0.25, 0.3) is 5.91 Å². The molecule has 4 N–H and O–H groups in total. The largest absolute Gasteiger partial charge is 0.417 e. The third kappa shape index (κ3) is 4.37. The molecule has 3 heterocycles. The molecule has 5 aromatic rings. The van der Waals surface area contributed by atoms with Gasteiger partial charge in [-0.05, 0) is 54.0 Å². The van der Waals surface area contributed by atoms with Crippen molar-refractivity contribution in [3.8, 4) is 22.6 Å². The van der Waals surface area contributed by atoms with Gasteiger partial charge in [0.1, 0.15) is 0 Å². The van der Waals surface area contributed by atoms with Gasteiger partial charge in [-0.1, -0.05) is 48.5 Å². The number of carbonyl (C=O) groups is 2. The molecule has 1 aliphatic heterocycles. The van der Waals surface area contributed by atoms with E-state index in [2.05, 4.69) is 25.7 Å². The predicted molar refractivity (Wildman–Crippen MR) is 142 cm³/mol. The molecule has 0 aliphatic carbocycles. The van der Waals surface area contributed by atoms with Crippen LogP contribution in [0.25, 0.3) is 34.7 Å². The number of aromatic amines is 1. The van der Waals surface area contributed by atoms with E-state index in [-0.39, 0.29) is 11.9 Å². The second-order valence-electron chi connectivity index (χ2n) is 8.87. The van der Waals surface area contributed by atoms with E-state index in [1.807, 2.05) is 66.7 Å². The Balaban J connectivity index is 1.38. The molecule has 186 valence electrons. The van der Waals surface area contributed by atoms with Crippen LogP contribution in [0.1, 0.15) is 49.6 Å². The van der Waals surface area contributed by atoms with E-state index in [9.17, 15) is 9.59 Å². The zero-order valence-corrected chi connectivity index (χ0v) is 20.1. The highest BCUT2D eigenvalue weighted by Gasteiger charge is 2.29. The minimum absolute atomic E-state index is 0.141. The molecule has 6 rings (SSSR count). The van der Waals surface area contributed by atoms with Crippen molar-refractivity contribution in [1.29, 1.82) is 0 Å². The number of aromatic nitrogens is 4. The normalized spacial score (nSPS) is 14.8. The summed E-state index contributed by atoms with van der Waals surface area (Å²) in [5.74, 6) is 0.0888. The van der Waals surface area contributed by atoms with Gasteiger partial charge in [-0.25, -0.2) is 0 Å². The van der Waals surface area contributed by atoms with Gasteiger partial charge in [0.05, 0.1) is 17.4 Å². The molecular formula is C29H22N6O3. The number of hydrogen-bond acceptors (Lipinski definition) is 6. The Hall–Kier alpha value is -5.31. The summed E-state index contributed by atoms with van der Waals surface area (Å²) < 4.78 is 5.80. The number of hydrogen-bond donors (Lipinski definition) is 3. The first-order valence-electron chi connectivity index (χ1n) is 12.0. The third-order valence-corrected chi connectivity index (χ3v) is 6.47. The highest BCUT2D eigenvalue weighted by atomic mass is 16.4. The Labute approximate surface area is 217 Å².